The Bertz CT molecular complexity index is 608. The van der Waals surface area contributed by atoms with Crippen molar-refractivity contribution in [2.45, 2.75) is 11.7 Å². The third kappa shape index (κ3) is 2.69. The summed E-state index contributed by atoms with van der Waals surface area (Å²) in [5, 5.41) is -0.925. The van der Waals surface area contributed by atoms with Gasteiger partial charge in [-0.2, -0.15) is 0 Å². The smallest absolute Gasteiger partial charge is 0.237 e. The van der Waals surface area contributed by atoms with Crippen LogP contribution < -0.4 is 14.4 Å². The van der Waals surface area contributed by atoms with E-state index in [1.807, 2.05) is 0 Å². The number of carbonyl (C=O) groups excluding carboxylic acids is 1. The number of para-hydroxylation sites is 1. The fourth-order valence-corrected chi connectivity index (χ4v) is 3.20. The molecular formula is C12H14ClNO5S. The molecule has 1 aromatic carbocycles. The second-order valence-electron chi connectivity index (χ2n) is 4.32. The van der Waals surface area contributed by atoms with E-state index in [2.05, 4.69) is 0 Å². The molecule has 0 aliphatic carbocycles. The predicted molar refractivity (Wildman–Crippen MR) is 75.1 cm³/mol. The van der Waals surface area contributed by atoms with E-state index in [-0.39, 0.29) is 18.9 Å². The number of ether oxygens (including phenoxy) is 2. The lowest BCUT2D eigenvalue weighted by Gasteiger charge is -2.21. The molecule has 1 heterocycles. The van der Waals surface area contributed by atoms with Crippen LogP contribution in [0.4, 0.5) is 5.69 Å². The topological polar surface area (TPSA) is 72.9 Å². The molecule has 1 amide bonds. The second kappa shape index (κ2) is 5.49. The van der Waals surface area contributed by atoms with Gasteiger partial charge < -0.3 is 14.4 Å². The van der Waals surface area contributed by atoms with Crippen LogP contribution in [0.3, 0.4) is 0 Å². The van der Waals surface area contributed by atoms with Crippen molar-refractivity contribution in [3.8, 4) is 11.5 Å². The number of hydrogen-bond acceptors (Lipinski definition) is 5. The summed E-state index contributed by atoms with van der Waals surface area (Å²) in [5.74, 6) is 0.540. The lowest BCUT2D eigenvalue weighted by atomic mass is 10.2. The van der Waals surface area contributed by atoms with Gasteiger partial charge in [0.25, 0.3) is 0 Å². The fraction of sp³-hybridized carbons (Fsp3) is 0.417. The number of amides is 1. The van der Waals surface area contributed by atoms with Crippen molar-refractivity contribution in [2.75, 3.05) is 25.7 Å². The second-order valence-corrected chi connectivity index (χ2v) is 7.23. The van der Waals surface area contributed by atoms with E-state index in [0.29, 0.717) is 17.2 Å². The molecule has 0 spiro atoms. The summed E-state index contributed by atoms with van der Waals surface area (Å²) in [6.45, 7) is -0.0125. The minimum absolute atomic E-state index is 0.0125. The Morgan fingerprint density at radius 3 is 2.20 bits per heavy atom. The molecule has 1 aliphatic heterocycles. The van der Waals surface area contributed by atoms with E-state index in [1.54, 1.807) is 18.2 Å². The molecule has 1 unspecified atom stereocenters. The Labute approximate surface area is 121 Å². The summed E-state index contributed by atoms with van der Waals surface area (Å²) in [6.07, 6.45) is -0.146. The highest BCUT2D eigenvalue weighted by atomic mass is 35.7. The Balaban J connectivity index is 2.45. The predicted octanol–water partition coefficient (Wildman–Crippen LogP) is 1.38. The number of carbonyl (C=O) groups is 1. The number of hydrogen-bond donors (Lipinski definition) is 0. The molecule has 110 valence electrons. The van der Waals surface area contributed by atoms with Crippen molar-refractivity contribution in [1.29, 1.82) is 0 Å². The van der Waals surface area contributed by atoms with Gasteiger partial charge in [0.05, 0.1) is 14.2 Å². The zero-order chi connectivity index (χ0) is 14.9. The van der Waals surface area contributed by atoms with Gasteiger partial charge in [0, 0.05) is 23.6 Å². The van der Waals surface area contributed by atoms with Gasteiger partial charge in [0.2, 0.25) is 15.0 Å². The lowest BCUT2D eigenvalue weighted by molar-refractivity contribution is -0.117. The van der Waals surface area contributed by atoms with E-state index in [4.69, 9.17) is 20.2 Å². The highest BCUT2D eigenvalue weighted by Crippen LogP contribution is 2.40. The number of nitrogens with zero attached hydrogens (tertiary/aromatic N) is 1. The summed E-state index contributed by atoms with van der Waals surface area (Å²) >= 11 is 0. The van der Waals surface area contributed by atoms with Crippen LogP contribution in [0.25, 0.3) is 0 Å². The summed E-state index contributed by atoms with van der Waals surface area (Å²) in [6, 6.07) is 5.07. The molecule has 0 bridgehead atoms. The molecule has 8 heteroatoms. The minimum Gasteiger partial charge on any atom is -0.494 e. The largest absolute Gasteiger partial charge is 0.494 e. The molecule has 1 fully saturated rings. The summed E-state index contributed by atoms with van der Waals surface area (Å²) in [4.78, 5) is 13.4. The van der Waals surface area contributed by atoms with Crippen molar-refractivity contribution in [1.82, 2.24) is 0 Å². The van der Waals surface area contributed by atoms with Crippen molar-refractivity contribution in [2.24, 2.45) is 0 Å². The molecule has 1 atom stereocenters. The Kier molecular flexibility index (Phi) is 4.10. The summed E-state index contributed by atoms with van der Waals surface area (Å²) < 4.78 is 33.2. The van der Waals surface area contributed by atoms with E-state index in [0.717, 1.165) is 0 Å². The van der Waals surface area contributed by atoms with Gasteiger partial charge in [-0.25, -0.2) is 8.42 Å². The van der Waals surface area contributed by atoms with Crippen LogP contribution in [0.2, 0.25) is 0 Å². The highest BCUT2D eigenvalue weighted by molar-refractivity contribution is 8.14. The molecular weight excluding hydrogens is 306 g/mol. The van der Waals surface area contributed by atoms with Gasteiger partial charge in [-0.3, -0.25) is 4.79 Å². The van der Waals surface area contributed by atoms with Crippen molar-refractivity contribution >= 4 is 31.3 Å². The van der Waals surface area contributed by atoms with Crippen LogP contribution in [0.1, 0.15) is 6.42 Å². The Hall–Kier alpha value is -1.47. The molecule has 0 saturated carbocycles. The number of anilines is 1. The van der Waals surface area contributed by atoms with Crippen LogP contribution in [0.15, 0.2) is 18.2 Å². The molecule has 6 nitrogen and oxygen atoms in total. The van der Waals surface area contributed by atoms with Crippen LogP contribution in [-0.4, -0.2) is 40.3 Å². The first-order chi connectivity index (χ1) is 9.38. The SMILES string of the molecule is COc1cccc(OC)c1N1CC(S(=O)(=O)Cl)CC1=O. The van der Waals surface area contributed by atoms with Crippen LogP contribution >= 0.6 is 10.7 Å². The molecule has 20 heavy (non-hydrogen) atoms. The molecule has 0 aromatic heterocycles. The zero-order valence-electron chi connectivity index (χ0n) is 11.0. The molecule has 1 aliphatic rings. The maximum absolute atomic E-state index is 12.1. The van der Waals surface area contributed by atoms with E-state index in [9.17, 15) is 13.2 Å². The Morgan fingerprint density at radius 1 is 1.25 bits per heavy atom. The normalized spacial score (nSPS) is 19.2. The van der Waals surface area contributed by atoms with Crippen LogP contribution in [0.5, 0.6) is 11.5 Å². The van der Waals surface area contributed by atoms with Gasteiger partial charge in [-0.05, 0) is 12.1 Å². The standard InChI is InChI=1S/C12H14ClNO5S/c1-18-9-4-3-5-10(19-2)12(9)14-7-8(6-11(14)15)20(13,16)17/h3-5,8H,6-7H2,1-2H3. The first-order valence-corrected chi connectivity index (χ1v) is 8.20. The number of methoxy groups -OCH3 is 2. The average Bonchev–Trinajstić information content (AvgIpc) is 2.79. The maximum Gasteiger partial charge on any atom is 0.237 e. The van der Waals surface area contributed by atoms with Gasteiger partial charge in [0.1, 0.15) is 22.4 Å². The number of rotatable bonds is 4. The average molecular weight is 320 g/mol. The summed E-state index contributed by atoms with van der Waals surface area (Å²) in [7, 11) is 4.48. The highest BCUT2D eigenvalue weighted by Gasteiger charge is 2.40. The molecule has 1 aromatic rings. The summed E-state index contributed by atoms with van der Waals surface area (Å²) in [5.41, 5.74) is 0.422. The monoisotopic (exact) mass is 319 g/mol. The van der Waals surface area contributed by atoms with Gasteiger partial charge >= 0.3 is 0 Å². The molecule has 0 radical (unpaired) electrons. The third-order valence-electron chi connectivity index (χ3n) is 3.16. The first-order valence-electron chi connectivity index (χ1n) is 5.83. The first kappa shape index (κ1) is 14.9. The van der Waals surface area contributed by atoms with Crippen LogP contribution in [0, 0.1) is 0 Å². The third-order valence-corrected chi connectivity index (χ3v) is 5.03. The van der Waals surface area contributed by atoms with Crippen molar-refractivity contribution in [3.05, 3.63) is 18.2 Å². The van der Waals surface area contributed by atoms with Gasteiger partial charge in [-0.15, -0.1) is 0 Å². The van der Waals surface area contributed by atoms with Crippen molar-refractivity contribution in [3.63, 3.8) is 0 Å². The van der Waals surface area contributed by atoms with Crippen molar-refractivity contribution < 1.29 is 22.7 Å². The quantitative estimate of drug-likeness (QED) is 0.784. The number of benzene rings is 1. The molecule has 2 rings (SSSR count). The molecule has 1 saturated heterocycles. The lowest BCUT2D eigenvalue weighted by Crippen LogP contribution is -2.27. The van der Waals surface area contributed by atoms with E-state index < -0.39 is 14.3 Å². The van der Waals surface area contributed by atoms with Gasteiger partial charge in [-0.1, -0.05) is 6.07 Å². The van der Waals surface area contributed by atoms with Gasteiger partial charge in [0.15, 0.2) is 0 Å². The van der Waals surface area contributed by atoms with E-state index in [1.165, 1.54) is 19.1 Å². The molecule has 0 N–H and O–H groups in total. The fourth-order valence-electron chi connectivity index (χ4n) is 2.18. The number of halogens is 1. The minimum atomic E-state index is -3.79. The maximum atomic E-state index is 12.1. The van der Waals surface area contributed by atoms with Crippen LogP contribution in [-0.2, 0) is 13.8 Å². The van der Waals surface area contributed by atoms with E-state index >= 15 is 0 Å². The Morgan fingerprint density at radius 2 is 1.80 bits per heavy atom. The zero-order valence-corrected chi connectivity index (χ0v) is 12.6.